The van der Waals surface area contributed by atoms with Crippen molar-refractivity contribution in [1.29, 1.82) is 0 Å². The third kappa shape index (κ3) is 69.0. The van der Waals surface area contributed by atoms with Gasteiger partial charge < -0.3 is 4.55 Å². The summed E-state index contributed by atoms with van der Waals surface area (Å²) in [5, 5.41) is 0. The van der Waals surface area contributed by atoms with E-state index in [9.17, 15) is 0 Å². The third-order valence-electron chi connectivity index (χ3n) is 0. The van der Waals surface area contributed by atoms with E-state index < -0.39 is 11.1 Å². The van der Waals surface area contributed by atoms with Gasteiger partial charge in [-0.1, -0.05) is 11.1 Å². The quantitative estimate of drug-likeness (QED) is 0.227. The van der Waals surface area contributed by atoms with Crippen LogP contribution in [-0.4, -0.2) is 15.0 Å². The fraction of sp³-hybridized carbons (Fsp3) is 1.00. The first kappa shape index (κ1) is 9.20. The molecule has 0 aromatic carbocycles. The molecule has 0 N–H and O–H groups in total. The van der Waals surface area contributed by atoms with Crippen molar-refractivity contribution in [2.75, 3.05) is 6.26 Å². The van der Waals surface area contributed by atoms with E-state index in [0.29, 0.717) is 0 Å². The molecule has 0 aliphatic heterocycles. The Morgan fingerprint density at radius 1 is 1.80 bits per heavy atom. The fourth-order valence-electron chi connectivity index (χ4n) is 0. The zero-order valence-electron chi connectivity index (χ0n) is 3.22. The monoisotopic (exact) mass is 86.0 g/mol. The minimum absolute atomic E-state index is 0. The van der Waals surface area contributed by atoms with Crippen molar-refractivity contribution in [1.82, 2.24) is 0 Å². The van der Waals surface area contributed by atoms with Gasteiger partial charge in [-0.25, -0.2) is 0 Å². The van der Waals surface area contributed by atoms with Crippen molar-refractivity contribution in [3.63, 3.8) is 0 Å². The average Bonchev–Trinajstić information content (AvgIpc) is 0.811. The summed E-state index contributed by atoms with van der Waals surface area (Å²) in [6, 6.07) is 0. The smallest absolute Gasteiger partial charge is 0.773 e. The topological polar surface area (TPSA) is 40.1 Å². The molecular formula is CH3LiO2S. The summed E-state index contributed by atoms with van der Waals surface area (Å²) in [7, 11) is 0. The minimum Gasteiger partial charge on any atom is -0.773 e. The second-order valence-corrected chi connectivity index (χ2v) is 1.20. The Morgan fingerprint density at radius 3 is 1.80 bits per heavy atom. The maximum absolute atomic E-state index is 9.00. The normalized spacial score (nSPS) is 12.4. The van der Waals surface area contributed by atoms with Crippen molar-refractivity contribution in [2.24, 2.45) is 0 Å². The van der Waals surface area contributed by atoms with Crippen LogP contribution >= 0.6 is 0 Å². The average molecular weight is 86.0 g/mol. The molecule has 0 bridgehead atoms. The van der Waals surface area contributed by atoms with Crippen molar-refractivity contribution in [3.05, 3.63) is 0 Å². The molecule has 0 saturated heterocycles. The van der Waals surface area contributed by atoms with Gasteiger partial charge in [0.1, 0.15) is 0 Å². The summed E-state index contributed by atoms with van der Waals surface area (Å²) < 4.78 is 18.0. The van der Waals surface area contributed by atoms with E-state index >= 15 is 0 Å². The van der Waals surface area contributed by atoms with Crippen LogP contribution < -0.4 is 18.9 Å². The molecule has 0 amide bonds. The molecule has 0 saturated carbocycles. The second kappa shape index (κ2) is 4.71. The van der Waals surface area contributed by atoms with Crippen molar-refractivity contribution in [2.45, 2.75) is 0 Å². The van der Waals surface area contributed by atoms with Crippen molar-refractivity contribution >= 4 is 11.1 Å². The van der Waals surface area contributed by atoms with Crippen LogP contribution in [0.25, 0.3) is 0 Å². The molecule has 0 aliphatic carbocycles. The molecule has 0 radical (unpaired) electrons. The zero-order valence-corrected chi connectivity index (χ0v) is 4.04. The van der Waals surface area contributed by atoms with Gasteiger partial charge in [-0.15, -0.1) is 0 Å². The summed E-state index contributed by atoms with van der Waals surface area (Å²) >= 11 is -1.86. The molecule has 26 valence electrons. The van der Waals surface area contributed by atoms with Crippen LogP contribution in [0.1, 0.15) is 0 Å². The summed E-state index contributed by atoms with van der Waals surface area (Å²) in [6.07, 6.45) is 1.08. The predicted octanol–water partition coefficient (Wildman–Crippen LogP) is -3.50. The van der Waals surface area contributed by atoms with Gasteiger partial charge in [0.15, 0.2) is 0 Å². The van der Waals surface area contributed by atoms with E-state index in [1.54, 1.807) is 0 Å². The number of hydrogen-bond acceptors (Lipinski definition) is 2. The van der Waals surface area contributed by atoms with Crippen LogP contribution in [0, 0.1) is 0 Å². The van der Waals surface area contributed by atoms with Gasteiger partial charge in [0.25, 0.3) is 0 Å². The van der Waals surface area contributed by atoms with E-state index in [2.05, 4.69) is 0 Å². The molecule has 4 heteroatoms. The molecule has 0 heterocycles. The Balaban J connectivity index is 0. The Morgan fingerprint density at radius 2 is 1.80 bits per heavy atom. The molecule has 2 nitrogen and oxygen atoms in total. The van der Waals surface area contributed by atoms with Crippen LogP contribution in [0.2, 0.25) is 0 Å². The molecule has 0 spiro atoms. The third-order valence-corrected chi connectivity index (χ3v) is 0. The van der Waals surface area contributed by atoms with E-state index in [4.69, 9.17) is 8.76 Å². The zero-order chi connectivity index (χ0) is 3.58. The predicted molar refractivity (Wildman–Crippen MR) is 14.8 cm³/mol. The summed E-state index contributed by atoms with van der Waals surface area (Å²) in [5.74, 6) is 0. The Bertz CT molecular complexity index is 32.6. The van der Waals surface area contributed by atoms with Crippen LogP contribution in [-0.2, 0) is 11.1 Å². The first-order chi connectivity index (χ1) is 1.73. The van der Waals surface area contributed by atoms with Crippen LogP contribution in [0.3, 0.4) is 0 Å². The maximum Gasteiger partial charge on any atom is 1.00 e. The van der Waals surface area contributed by atoms with E-state index in [-0.39, 0.29) is 18.9 Å². The van der Waals surface area contributed by atoms with Gasteiger partial charge in [0.05, 0.1) is 0 Å². The molecule has 1 atom stereocenters. The van der Waals surface area contributed by atoms with Crippen LogP contribution in [0.5, 0.6) is 0 Å². The number of rotatable bonds is 0. The Kier molecular flexibility index (Phi) is 8.66. The first-order valence-corrected chi connectivity index (χ1v) is 2.22. The SMILES string of the molecule is CS(=O)[O-].[Li+]. The first-order valence-electron chi connectivity index (χ1n) is 0.742. The van der Waals surface area contributed by atoms with Crippen LogP contribution in [0.4, 0.5) is 0 Å². The summed E-state index contributed by atoms with van der Waals surface area (Å²) in [5.41, 5.74) is 0. The van der Waals surface area contributed by atoms with Gasteiger partial charge in [-0.3, -0.25) is 4.21 Å². The maximum atomic E-state index is 9.00. The molecule has 0 rings (SSSR count). The summed E-state index contributed by atoms with van der Waals surface area (Å²) in [4.78, 5) is 0. The van der Waals surface area contributed by atoms with Crippen LogP contribution in [0.15, 0.2) is 0 Å². The molecule has 1 unspecified atom stereocenters. The van der Waals surface area contributed by atoms with Gasteiger partial charge in [-0.2, -0.15) is 0 Å². The van der Waals surface area contributed by atoms with Gasteiger partial charge in [-0.05, 0) is 6.26 Å². The van der Waals surface area contributed by atoms with E-state index in [1.165, 1.54) is 0 Å². The van der Waals surface area contributed by atoms with Gasteiger partial charge >= 0.3 is 18.9 Å². The molecular weight excluding hydrogens is 83.0 g/mol. The van der Waals surface area contributed by atoms with E-state index in [1.807, 2.05) is 0 Å². The Hall–Kier alpha value is 0.707. The second-order valence-electron chi connectivity index (χ2n) is 0.401. The standard InChI is InChI=1S/CH4O2S.Li/c1-4(2)3;/h1H3,(H,2,3);/q;+1/p-1. The number of hydrogen-bond donors (Lipinski definition) is 0. The van der Waals surface area contributed by atoms with E-state index in [0.717, 1.165) is 6.26 Å². The van der Waals surface area contributed by atoms with Gasteiger partial charge in [0.2, 0.25) is 0 Å². The summed E-state index contributed by atoms with van der Waals surface area (Å²) in [6.45, 7) is 0. The molecule has 0 aliphatic rings. The Labute approximate surface area is 45.4 Å². The molecule has 0 aromatic heterocycles. The minimum atomic E-state index is -1.86. The van der Waals surface area contributed by atoms with Gasteiger partial charge in [0, 0.05) is 0 Å². The molecule has 5 heavy (non-hydrogen) atoms. The molecule has 0 aromatic rings. The largest absolute Gasteiger partial charge is 1.00 e. The van der Waals surface area contributed by atoms with Crippen molar-refractivity contribution < 1.29 is 27.6 Å². The fourth-order valence-corrected chi connectivity index (χ4v) is 0. The van der Waals surface area contributed by atoms with Crippen molar-refractivity contribution in [3.8, 4) is 0 Å². The molecule has 0 fully saturated rings.